The van der Waals surface area contributed by atoms with Crippen LogP contribution in [-0.2, 0) is 0 Å². The van der Waals surface area contributed by atoms with E-state index in [0.29, 0.717) is 10.3 Å². The van der Waals surface area contributed by atoms with E-state index in [1.807, 2.05) is 6.92 Å². The molecule has 0 atom stereocenters. The van der Waals surface area contributed by atoms with Crippen molar-refractivity contribution in [1.29, 1.82) is 0 Å². The van der Waals surface area contributed by atoms with Gasteiger partial charge >= 0.3 is 0 Å². The van der Waals surface area contributed by atoms with Gasteiger partial charge in [-0.1, -0.05) is 0 Å². The van der Waals surface area contributed by atoms with Crippen LogP contribution >= 0.6 is 15.9 Å². The molecule has 0 saturated carbocycles. The lowest BCUT2D eigenvalue weighted by molar-refractivity contribution is 0.102. The van der Waals surface area contributed by atoms with Crippen molar-refractivity contribution in [3.63, 3.8) is 0 Å². The summed E-state index contributed by atoms with van der Waals surface area (Å²) in [5, 5.41) is 2.63. The van der Waals surface area contributed by atoms with Crippen LogP contribution in [0.15, 0.2) is 35.1 Å². The maximum atomic E-state index is 13.1. The molecule has 6 heteroatoms. The van der Waals surface area contributed by atoms with E-state index < -0.39 is 11.7 Å². The first-order valence-electron chi connectivity index (χ1n) is 5.46. The lowest BCUT2D eigenvalue weighted by atomic mass is 10.1. The molecule has 0 aliphatic rings. The van der Waals surface area contributed by atoms with Gasteiger partial charge in [0.25, 0.3) is 5.91 Å². The summed E-state index contributed by atoms with van der Waals surface area (Å²) >= 11 is 3.27. The van der Waals surface area contributed by atoms with Crippen molar-refractivity contribution in [2.45, 2.75) is 6.92 Å². The molecule has 1 aromatic carbocycles. The fourth-order valence-electron chi connectivity index (χ4n) is 1.55. The molecule has 3 N–H and O–H groups in total. The van der Waals surface area contributed by atoms with Crippen LogP contribution < -0.4 is 11.1 Å². The summed E-state index contributed by atoms with van der Waals surface area (Å²) in [5.41, 5.74) is 7.37. The summed E-state index contributed by atoms with van der Waals surface area (Å²) in [6.07, 6.45) is 1.50. The van der Waals surface area contributed by atoms with Crippen LogP contribution in [0.1, 0.15) is 15.9 Å². The second-order valence-electron chi connectivity index (χ2n) is 4.02. The SMILES string of the molecule is Cc1cc(NC(=O)c2cc(F)ccc2N)cnc1Br. The molecule has 98 valence electrons. The van der Waals surface area contributed by atoms with Crippen molar-refractivity contribution in [3.8, 4) is 0 Å². The molecular weight excluding hydrogens is 313 g/mol. The zero-order valence-electron chi connectivity index (χ0n) is 10.1. The molecule has 0 unspecified atom stereocenters. The zero-order valence-corrected chi connectivity index (χ0v) is 11.7. The third kappa shape index (κ3) is 3.08. The third-order valence-electron chi connectivity index (χ3n) is 2.53. The van der Waals surface area contributed by atoms with Gasteiger partial charge in [0.1, 0.15) is 10.4 Å². The summed E-state index contributed by atoms with van der Waals surface area (Å²) in [7, 11) is 0. The summed E-state index contributed by atoms with van der Waals surface area (Å²) in [5.74, 6) is -0.981. The Labute approximate surface area is 118 Å². The number of pyridine rings is 1. The minimum atomic E-state index is -0.510. The summed E-state index contributed by atoms with van der Waals surface area (Å²) in [4.78, 5) is 16.0. The van der Waals surface area contributed by atoms with Crippen molar-refractivity contribution >= 4 is 33.2 Å². The second kappa shape index (κ2) is 5.36. The largest absolute Gasteiger partial charge is 0.398 e. The molecule has 4 nitrogen and oxygen atoms in total. The number of halogens is 2. The third-order valence-corrected chi connectivity index (χ3v) is 3.36. The first-order chi connectivity index (χ1) is 8.97. The van der Waals surface area contributed by atoms with Crippen molar-refractivity contribution in [2.75, 3.05) is 11.1 Å². The van der Waals surface area contributed by atoms with Crippen molar-refractivity contribution in [1.82, 2.24) is 4.98 Å². The Morgan fingerprint density at radius 3 is 2.84 bits per heavy atom. The maximum Gasteiger partial charge on any atom is 0.257 e. The Morgan fingerprint density at radius 2 is 2.16 bits per heavy atom. The van der Waals surface area contributed by atoms with E-state index in [1.165, 1.54) is 18.3 Å². The lowest BCUT2D eigenvalue weighted by Crippen LogP contribution is -2.14. The lowest BCUT2D eigenvalue weighted by Gasteiger charge is -2.08. The van der Waals surface area contributed by atoms with E-state index in [2.05, 4.69) is 26.2 Å². The van der Waals surface area contributed by atoms with Crippen LogP contribution in [0, 0.1) is 12.7 Å². The molecule has 0 fully saturated rings. The van der Waals surface area contributed by atoms with Gasteiger partial charge < -0.3 is 11.1 Å². The van der Waals surface area contributed by atoms with E-state index in [4.69, 9.17) is 5.73 Å². The number of hydrogen-bond acceptors (Lipinski definition) is 3. The van der Waals surface area contributed by atoms with Crippen LogP contribution in [0.2, 0.25) is 0 Å². The second-order valence-corrected chi connectivity index (χ2v) is 4.77. The molecule has 1 aromatic heterocycles. The highest BCUT2D eigenvalue weighted by atomic mass is 79.9. The predicted molar refractivity (Wildman–Crippen MR) is 75.4 cm³/mol. The Kier molecular flexibility index (Phi) is 3.80. The summed E-state index contributed by atoms with van der Waals surface area (Å²) in [6.45, 7) is 1.85. The van der Waals surface area contributed by atoms with Crippen LogP contribution in [0.3, 0.4) is 0 Å². The van der Waals surface area contributed by atoms with Crippen LogP contribution in [0.5, 0.6) is 0 Å². The van der Waals surface area contributed by atoms with Crippen molar-refractivity contribution in [2.24, 2.45) is 0 Å². The standard InChI is InChI=1S/C13H11BrFN3O/c1-7-4-9(6-17-12(7)14)18-13(19)10-5-8(15)2-3-11(10)16/h2-6H,16H2,1H3,(H,18,19). The number of aryl methyl sites for hydroxylation is 1. The van der Waals surface area contributed by atoms with E-state index in [1.54, 1.807) is 6.07 Å². The molecule has 1 heterocycles. The van der Waals surface area contributed by atoms with E-state index in [0.717, 1.165) is 11.6 Å². The molecule has 0 aliphatic carbocycles. The van der Waals surface area contributed by atoms with Gasteiger partial charge in [-0.2, -0.15) is 0 Å². The number of nitrogens with zero attached hydrogens (tertiary/aromatic N) is 1. The Morgan fingerprint density at radius 1 is 1.42 bits per heavy atom. The number of carbonyl (C=O) groups is 1. The summed E-state index contributed by atoms with van der Waals surface area (Å²) in [6, 6.07) is 5.42. The molecule has 0 bridgehead atoms. The van der Waals surface area contributed by atoms with E-state index in [9.17, 15) is 9.18 Å². The number of rotatable bonds is 2. The van der Waals surface area contributed by atoms with Gasteiger partial charge in [0, 0.05) is 5.69 Å². The predicted octanol–water partition coefficient (Wildman–Crippen LogP) is 3.13. The van der Waals surface area contributed by atoms with Crippen LogP contribution in [0.4, 0.5) is 15.8 Å². The highest BCUT2D eigenvalue weighted by Gasteiger charge is 2.11. The number of anilines is 2. The number of amides is 1. The Hall–Kier alpha value is -1.95. The first-order valence-corrected chi connectivity index (χ1v) is 6.25. The molecule has 1 amide bonds. The smallest absolute Gasteiger partial charge is 0.257 e. The van der Waals surface area contributed by atoms with Crippen LogP contribution in [0.25, 0.3) is 0 Å². The fraction of sp³-hybridized carbons (Fsp3) is 0.0769. The minimum absolute atomic E-state index is 0.0978. The molecule has 0 aliphatic heterocycles. The van der Waals surface area contributed by atoms with Crippen LogP contribution in [-0.4, -0.2) is 10.9 Å². The average Bonchev–Trinajstić information content (AvgIpc) is 2.36. The number of nitrogens with one attached hydrogen (secondary N) is 1. The first kappa shape index (κ1) is 13.5. The Balaban J connectivity index is 2.25. The molecule has 0 saturated heterocycles. The van der Waals surface area contributed by atoms with Gasteiger partial charge in [-0.05, 0) is 52.7 Å². The van der Waals surface area contributed by atoms with Gasteiger partial charge in [0.15, 0.2) is 0 Å². The highest BCUT2D eigenvalue weighted by molar-refractivity contribution is 9.10. The zero-order chi connectivity index (χ0) is 14.0. The summed E-state index contributed by atoms with van der Waals surface area (Å²) < 4.78 is 13.8. The minimum Gasteiger partial charge on any atom is -0.398 e. The van der Waals surface area contributed by atoms with Crippen molar-refractivity contribution in [3.05, 3.63) is 52.0 Å². The number of aromatic nitrogens is 1. The monoisotopic (exact) mass is 323 g/mol. The van der Waals surface area contributed by atoms with Gasteiger partial charge in [0.05, 0.1) is 17.4 Å². The maximum absolute atomic E-state index is 13.1. The fourth-order valence-corrected chi connectivity index (χ4v) is 1.77. The molecule has 2 aromatic rings. The van der Waals surface area contributed by atoms with E-state index >= 15 is 0 Å². The molecule has 2 rings (SSSR count). The highest BCUT2D eigenvalue weighted by Crippen LogP contribution is 2.19. The van der Waals surface area contributed by atoms with Gasteiger partial charge in [-0.15, -0.1) is 0 Å². The van der Waals surface area contributed by atoms with Crippen molar-refractivity contribution < 1.29 is 9.18 Å². The Bertz CT molecular complexity index is 646. The number of nitrogens with two attached hydrogens (primary N) is 1. The quantitative estimate of drug-likeness (QED) is 0.659. The average molecular weight is 324 g/mol. The molecule has 19 heavy (non-hydrogen) atoms. The number of carbonyl (C=O) groups excluding carboxylic acids is 1. The topological polar surface area (TPSA) is 68.0 Å². The van der Waals surface area contributed by atoms with Gasteiger partial charge in [0.2, 0.25) is 0 Å². The molecule has 0 radical (unpaired) electrons. The number of nitrogen functional groups attached to an aromatic ring is 1. The van der Waals surface area contributed by atoms with Gasteiger partial charge in [-0.25, -0.2) is 9.37 Å². The number of benzene rings is 1. The van der Waals surface area contributed by atoms with E-state index in [-0.39, 0.29) is 11.3 Å². The van der Waals surface area contributed by atoms with Gasteiger partial charge in [-0.3, -0.25) is 4.79 Å². The normalized spacial score (nSPS) is 10.3. The molecular formula is C13H11BrFN3O. The number of hydrogen-bond donors (Lipinski definition) is 2. The molecule has 0 spiro atoms.